The number of nitrogens with zero attached hydrogens (tertiary/aromatic N) is 4. The van der Waals surface area contributed by atoms with Gasteiger partial charge in [0.1, 0.15) is 30.1 Å². The summed E-state index contributed by atoms with van der Waals surface area (Å²) in [5, 5.41) is 29.3. The summed E-state index contributed by atoms with van der Waals surface area (Å²) in [4.78, 5) is 22.7. The predicted molar refractivity (Wildman–Crippen MR) is 88.6 cm³/mol. The van der Waals surface area contributed by atoms with Gasteiger partial charge in [-0.1, -0.05) is 0 Å². The molecule has 0 amide bonds. The van der Waals surface area contributed by atoms with E-state index in [1.807, 2.05) is 0 Å². The molecule has 1 aliphatic heterocycles. The van der Waals surface area contributed by atoms with Gasteiger partial charge in [-0.25, -0.2) is 15.0 Å². The molecule has 0 spiro atoms. The van der Waals surface area contributed by atoms with Crippen LogP contribution in [0.1, 0.15) is 6.23 Å². The Hall–Kier alpha value is -1.99. The quantitative estimate of drug-likeness (QED) is 0.385. The van der Waals surface area contributed by atoms with Gasteiger partial charge in [0.25, 0.3) is 0 Å². The number of hydrogen-bond donors (Lipinski definition) is 5. The van der Waals surface area contributed by atoms with E-state index in [0.29, 0.717) is 11.2 Å². The second-order valence-corrected chi connectivity index (χ2v) is 6.69. The molecule has 0 saturated carbocycles. The summed E-state index contributed by atoms with van der Waals surface area (Å²) < 4.78 is 7.21. The highest BCUT2D eigenvalue weighted by Gasteiger charge is 2.44. The van der Waals surface area contributed by atoms with Gasteiger partial charge in [0.15, 0.2) is 17.7 Å². The minimum atomic E-state index is -1.20. The van der Waals surface area contributed by atoms with E-state index < -0.39 is 36.6 Å². The number of aromatic nitrogens is 4. The van der Waals surface area contributed by atoms with Crippen molar-refractivity contribution >= 4 is 34.7 Å². The molecule has 1 unspecified atom stereocenters. The highest BCUT2D eigenvalue weighted by molar-refractivity contribution is 7.99. The topological polar surface area (TPSA) is 183 Å². The predicted octanol–water partition coefficient (Wildman–Crippen LogP) is -1.83. The monoisotopic (exact) mass is 370 g/mol. The van der Waals surface area contributed by atoms with Gasteiger partial charge in [0.05, 0.1) is 12.4 Å². The molecule has 0 bridgehead atoms. The van der Waals surface area contributed by atoms with Crippen LogP contribution in [0.25, 0.3) is 11.2 Å². The van der Waals surface area contributed by atoms with Crippen LogP contribution < -0.4 is 11.5 Å². The molecule has 7 N–H and O–H groups in total. The van der Waals surface area contributed by atoms with Crippen LogP contribution in [0, 0.1) is 0 Å². The van der Waals surface area contributed by atoms with E-state index in [-0.39, 0.29) is 17.3 Å². The number of aliphatic carboxylic acids is 1. The Morgan fingerprint density at radius 1 is 1.36 bits per heavy atom. The maximum absolute atomic E-state index is 10.7. The molecule has 1 saturated heterocycles. The number of anilines is 1. The molecule has 1 fully saturated rings. The van der Waals surface area contributed by atoms with Crippen molar-refractivity contribution in [1.29, 1.82) is 0 Å². The van der Waals surface area contributed by atoms with Gasteiger partial charge in [-0.05, 0) is 0 Å². The first kappa shape index (κ1) is 17.8. The molecule has 1 aliphatic rings. The molecular weight excluding hydrogens is 352 g/mol. The minimum absolute atomic E-state index is 0.167. The Morgan fingerprint density at radius 2 is 2.12 bits per heavy atom. The summed E-state index contributed by atoms with van der Waals surface area (Å²) in [6.07, 6.45) is -1.25. The first-order valence-electron chi connectivity index (χ1n) is 7.41. The molecule has 3 heterocycles. The van der Waals surface area contributed by atoms with Crippen molar-refractivity contribution in [3.8, 4) is 0 Å². The zero-order chi connectivity index (χ0) is 18.1. The average Bonchev–Trinajstić information content (AvgIpc) is 3.12. The summed E-state index contributed by atoms with van der Waals surface area (Å²) >= 11 is 1.23. The number of fused-ring (bicyclic) bond motifs is 1. The molecule has 0 aliphatic carbocycles. The summed E-state index contributed by atoms with van der Waals surface area (Å²) in [6, 6.07) is -0.999. The zero-order valence-corrected chi connectivity index (χ0v) is 13.8. The SMILES string of the molecule is Nc1ncnc2c1ncn2[C@@H]1O[C@H](CSC[C@H](N)C(=O)O)C(O)[C@@H]1O. The zero-order valence-electron chi connectivity index (χ0n) is 13.0. The van der Waals surface area contributed by atoms with E-state index in [1.165, 1.54) is 29.0 Å². The van der Waals surface area contributed by atoms with Crippen molar-refractivity contribution in [3.63, 3.8) is 0 Å². The van der Waals surface area contributed by atoms with Crippen molar-refractivity contribution in [2.45, 2.75) is 30.6 Å². The van der Waals surface area contributed by atoms with Crippen LogP contribution in [0.15, 0.2) is 12.7 Å². The normalized spacial score (nSPS) is 27.6. The molecule has 0 aromatic carbocycles. The Morgan fingerprint density at radius 3 is 2.84 bits per heavy atom. The molecule has 11 nitrogen and oxygen atoms in total. The van der Waals surface area contributed by atoms with Gasteiger partial charge >= 0.3 is 5.97 Å². The highest BCUT2D eigenvalue weighted by Crippen LogP contribution is 2.33. The number of nitrogens with two attached hydrogens (primary N) is 2. The number of hydrogen-bond acceptors (Lipinski definition) is 10. The summed E-state index contributed by atoms with van der Waals surface area (Å²) in [6.45, 7) is 0. The van der Waals surface area contributed by atoms with Gasteiger partial charge in [-0.2, -0.15) is 11.8 Å². The number of carboxylic acid groups (broad SMARTS) is 1. The summed E-state index contributed by atoms with van der Waals surface area (Å²) in [5.74, 6) is -0.452. The van der Waals surface area contributed by atoms with Crippen LogP contribution in [0.3, 0.4) is 0 Å². The lowest BCUT2D eigenvalue weighted by molar-refractivity contribution is -0.137. The van der Waals surface area contributed by atoms with Crippen molar-refractivity contribution in [2.24, 2.45) is 5.73 Å². The number of thioether (sulfide) groups is 1. The number of imidazole rings is 1. The summed E-state index contributed by atoms with van der Waals surface area (Å²) in [5.41, 5.74) is 11.9. The molecule has 25 heavy (non-hydrogen) atoms. The van der Waals surface area contributed by atoms with Crippen molar-refractivity contribution < 1.29 is 24.9 Å². The summed E-state index contributed by atoms with van der Waals surface area (Å²) in [7, 11) is 0. The molecule has 3 rings (SSSR count). The Labute approximate surface area is 146 Å². The second-order valence-electron chi connectivity index (χ2n) is 5.61. The number of carboxylic acids is 1. The smallest absolute Gasteiger partial charge is 0.321 e. The second kappa shape index (κ2) is 7.09. The number of carbonyl (C=O) groups is 1. The van der Waals surface area contributed by atoms with Crippen LogP contribution in [0.5, 0.6) is 0 Å². The maximum atomic E-state index is 10.7. The lowest BCUT2D eigenvalue weighted by Gasteiger charge is -2.16. The number of aliphatic hydroxyl groups is 2. The fourth-order valence-electron chi connectivity index (χ4n) is 2.54. The Kier molecular flexibility index (Phi) is 5.06. The minimum Gasteiger partial charge on any atom is -0.480 e. The maximum Gasteiger partial charge on any atom is 0.321 e. The van der Waals surface area contributed by atoms with Crippen LogP contribution in [-0.2, 0) is 9.53 Å². The largest absolute Gasteiger partial charge is 0.480 e. The van der Waals surface area contributed by atoms with Crippen LogP contribution in [0.4, 0.5) is 5.82 Å². The lowest BCUT2D eigenvalue weighted by Crippen LogP contribution is -2.35. The lowest BCUT2D eigenvalue weighted by atomic mass is 10.1. The number of ether oxygens (including phenoxy) is 1. The van der Waals surface area contributed by atoms with E-state index in [0.717, 1.165) is 0 Å². The molecule has 136 valence electrons. The fraction of sp³-hybridized carbons (Fsp3) is 0.538. The first-order valence-corrected chi connectivity index (χ1v) is 8.56. The molecule has 12 heteroatoms. The van der Waals surface area contributed by atoms with E-state index in [1.54, 1.807) is 0 Å². The molecule has 5 atom stereocenters. The van der Waals surface area contributed by atoms with Gasteiger partial charge < -0.3 is 31.5 Å². The van der Waals surface area contributed by atoms with Gasteiger partial charge in [-0.15, -0.1) is 0 Å². The van der Waals surface area contributed by atoms with Crippen molar-refractivity contribution in [1.82, 2.24) is 19.5 Å². The average molecular weight is 370 g/mol. The number of aliphatic hydroxyl groups excluding tert-OH is 2. The van der Waals surface area contributed by atoms with Gasteiger partial charge in [0, 0.05) is 11.5 Å². The van der Waals surface area contributed by atoms with E-state index >= 15 is 0 Å². The highest BCUT2D eigenvalue weighted by atomic mass is 32.2. The third-order valence-corrected chi connectivity index (χ3v) is 5.05. The molecule has 0 radical (unpaired) electrons. The Bertz CT molecular complexity index is 772. The molecule has 2 aromatic heterocycles. The van der Waals surface area contributed by atoms with E-state index in [9.17, 15) is 15.0 Å². The van der Waals surface area contributed by atoms with Crippen LogP contribution in [-0.4, -0.2) is 76.7 Å². The van der Waals surface area contributed by atoms with E-state index in [4.69, 9.17) is 21.3 Å². The first-order chi connectivity index (χ1) is 11.9. The third kappa shape index (κ3) is 3.39. The van der Waals surface area contributed by atoms with Crippen LogP contribution in [0.2, 0.25) is 0 Å². The Balaban J connectivity index is 1.71. The van der Waals surface area contributed by atoms with Crippen LogP contribution >= 0.6 is 11.8 Å². The number of rotatable bonds is 6. The van der Waals surface area contributed by atoms with Crippen molar-refractivity contribution in [3.05, 3.63) is 12.7 Å². The fourth-order valence-corrected chi connectivity index (χ4v) is 3.58. The molecule has 2 aromatic rings. The van der Waals surface area contributed by atoms with Gasteiger partial charge in [-0.3, -0.25) is 9.36 Å². The van der Waals surface area contributed by atoms with Gasteiger partial charge in [0.2, 0.25) is 0 Å². The standard InChI is InChI=1S/C13H18N6O5S/c14-5(13(22)23)1-25-2-6-8(20)9(21)12(24-6)19-4-18-7-10(15)16-3-17-11(7)19/h3-6,8-9,12,20-21H,1-2,14H2,(H,22,23)(H2,15,16,17)/t5-,6+,8?,9-,12+/m0/s1. The number of nitrogen functional groups attached to an aromatic ring is 1. The van der Waals surface area contributed by atoms with Crippen molar-refractivity contribution in [2.75, 3.05) is 17.2 Å². The molecular formula is C13H18N6O5S. The van der Waals surface area contributed by atoms with E-state index in [2.05, 4.69) is 15.0 Å². The third-order valence-electron chi connectivity index (χ3n) is 3.90.